The zero-order chi connectivity index (χ0) is 13.5. The second kappa shape index (κ2) is 6.85. The predicted octanol–water partition coefficient (Wildman–Crippen LogP) is 3.63. The Morgan fingerprint density at radius 3 is 2.68 bits per heavy atom. The number of rotatable bonds is 5. The average molecular weight is 274 g/mol. The van der Waals surface area contributed by atoms with Crippen LogP contribution in [0.2, 0.25) is 0 Å². The third-order valence-corrected chi connectivity index (χ3v) is 3.51. The van der Waals surface area contributed by atoms with Crippen molar-refractivity contribution in [2.45, 2.75) is 4.90 Å². The van der Waals surface area contributed by atoms with E-state index in [0.717, 1.165) is 4.90 Å². The maximum atomic E-state index is 11.7. The fourth-order valence-electron chi connectivity index (χ4n) is 1.51. The number of furan rings is 1. The first-order chi connectivity index (χ1) is 9.29. The SMILES string of the molecule is COC(=O)/C(=C/c1ccco1)CSc1ccccc1. The monoisotopic (exact) mass is 274 g/mol. The Balaban J connectivity index is 2.09. The van der Waals surface area contributed by atoms with Crippen LogP contribution in [0.4, 0.5) is 0 Å². The predicted molar refractivity (Wildman–Crippen MR) is 75.9 cm³/mol. The minimum Gasteiger partial charge on any atom is -0.466 e. The first-order valence-electron chi connectivity index (χ1n) is 5.80. The summed E-state index contributed by atoms with van der Waals surface area (Å²) >= 11 is 1.58. The molecule has 0 aliphatic heterocycles. The van der Waals surface area contributed by atoms with Gasteiger partial charge in [0.25, 0.3) is 0 Å². The number of methoxy groups -OCH3 is 1. The molecule has 0 bridgehead atoms. The Kier molecular flexibility index (Phi) is 4.86. The van der Waals surface area contributed by atoms with Crippen LogP contribution in [-0.4, -0.2) is 18.8 Å². The van der Waals surface area contributed by atoms with Crippen LogP contribution in [0.15, 0.2) is 63.6 Å². The lowest BCUT2D eigenvalue weighted by Gasteiger charge is -2.05. The van der Waals surface area contributed by atoms with Gasteiger partial charge in [0.15, 0.2) is 0 Å². The van der Waals surface area contributed by atoms with Crippen LogP contribution < -0.4 is 0 Å². The highest BCUT2D eigenvalue weighted by Gasteiger charge is 2.11. The number of hydrogen-bond acceptors (Lipinski definition) is 4. The van der Waals surface area contributed by atoms with Gasteiger partial charge in [-0.15, -0.1) is 11.8 Å². The summed E-state index contributed by atoms with van der Waals surface area (Å²) < 4.78 is 10.0. The molecule has 0 amide bonds. The molecule has 3 nitrogen and oxygen atoms in total. The molecule has 0 aliphatic rings. The second-order valence-corrected chi connectivity index (χ2v) is 4.83. The average Bonchev–Trinajstić information content (AvgIpc) is 2.96. The third-order valence-electron chi connectivity index (χ3n) is 2.44. The van der Waals surface area contributed by atoms with Crippen LogP contribution >= 0.6 is 11.8 Å². The van der Waals surface area contributed by atoms with Crippen molar-refractivity contribution in [3.05, 3.63) is 60.1 Å². The molecule has 1 heterocycles. The molecule has 0 N–H and O–H groups in total. The van der Waals surface area contributed by atoms with Crippen molar-refractivity contribution in [3.63, 3.8) is 0 Å². The first-order valence-corrected chi connectivity index (χ1v) is 6.78. The van der Waals surface area contributed by atoms with Crippen molar-refractivity contribution in [2.75, 3.05) is 12.9 Å². The lowest BCUT2D eigenvalue weighted by atomic mass is 10.2. The number of carbonyl (C=O) groups is 1. The lowest BCUT2D eigenvalue weighted by Crippen LogP contribution is -2.06. The van der Waals surface area contributed by atoms with Crippen molar-refractivity contribution in [1.82, 2.24) is 0 Å². The van der Waals surface area contributed by atoms with Crippen molar-refractivity contribution < 1.29 is 13.9 Å². The molecule has 4 heteroatoms. The highest BCUT2D eigenvalue weighted by atomic mass is 32.2. The van der Waals surface area contributed by atoms with Gasteiger partial charge in [0.2, 0.25) is 0 Å². The molecule has 98 valence electrons. The number of thioether (sulfide) groups is 1. The van der Waals surface area contributed by atoms with Gasteiger partial charge >= 0.3 is 5.97 Å². The first kappa shape index (κ1) is 13.5. The Hall–Kier alpha value is -1.94. The van der Waals surface area contributed by atoms with Crippen molar-refractivity contribution in [1.29, 1.82) is 0 Å². The van der Waals surface area contributed by atoms with E-state index in [-0.39, 0.29) is 5.97 Å². The topological polar surface area (TPSA) is 39.4 Å². The van der Waals surface area contributed by atoms with Crippen LogP contribution in [0.3, 0.4) is 0 Å². The number of hydrogen-bond donors (Lipinski definition) is 0. The molecule has 0 spiro atoms. The van der Waals surface area contributed by atoms with Gasteiger partial charge in [0.1, 0.15) is 5.76 Å². The lowest BCUT2D eigenvalue weighted by molar-refractivity contribution is -0.135. The Morgan fingerprint density at radius 2 is 2.05 bits per heavy atom. The van der Waals surface area contributed by atoms with E-state index in [1.54, 1.807) is 36.2 Å². The van der Waals surface area contributed by atoms with Gasteiger partial charge in [-0.3, -0.25) is 0 Å². The Bertz CT molecular complexity index is 544. The molecule has 0 radical (unpaired) electrons. The van der Waals surface area contributed by atoms with E-state index in [1.807, 2.05) is 30.3 Å². The number of carbonyl (C=O) groups excluding carboxylic acids is 1. The summed E-state index contributed by atoms with van der Waals surface area (Å²) in [5.74, 6) is 0.853. The minimum atomic E-state index is -0.333. The molecule has 0 saturated carbocycles. The van der Waals surface area contributed by atoms with Gasteiger partial charge in [-0.2, -0.15) is 0 Å². The zero-order valence-electron chi connectivity index (χ0n) is 10.5. The largest absolute Gasteiger partial charge is 0.466 e. The summed E-state index contributed by atoms with van der Waals surface area (Å²) in [6.07, 6.45) is 3.28. The van der Waals surface area contributed by atoms with E-state index in [0.29, 0.717) is 17.1 Å². The molecular weight excluding hydrogens is 260 g/mol. The molecule has 0 aliphatic carbocycles. The van der Waals surface area contributed by atoms with Gasteiger partial charge in [-0.05, 0) is 30.3 Å². The fraction of sp³-hybridized carbons (Fsp3) is 0.133. The van der Waals surface area contributed by atoms with E-state index < -0.39 is 0 Å². The number of ether oxygens (including phenoxy) is 1. The van der Waals surface area contributed by atoms with Gasteiger partial charge < -0.3 is 9.15 Å². The van der Waals surface area contributed by atoms with Gasteiger partial charge in [-0.1, -0.05) is 18.2 Å². The van der Waals surface area contributed by atoms with E-state index in [9.17, 15) is 4.79 Å². The highest BCUT2D eigenvalue weighted by molar-refractivity contribution is 7.99. The molecule has 0 unspecified atom stereocenters. The minimum absolute atomic E-state index is 0.333. The van der Waals surface area contributed by atoms with Crippen LogP contribution in [0.1, 0.15) is 5.76 Å². The van der Waals surface area contributed by atoms with Gasteiger partial charge in [0, 0.05) is 10.6 Å². The molecule has 1 aromatic carbocycles. The van der Waals surface area contributed by atoms with Crippen LogP contribution in [0.5, 0.6) is 0 Å². The molecule has 19 heavy (non-hydrogen) atoms. The molecule has 2 aromatic rings. The van der Waals surface area contributed by atoms with Crippen molar-refractivity contribution >= 4 is 23.8 Å². The van der Waals surface area contributed by atoms with Gasteiger partial charge in [0.05, 0.1) is 18.9 Å². The number of esters is 1. The highest BCUT2D eigenvalue weighted by Crippen LogP contribution is 2.22. The third kappa shape index (κ3) is 4.03. The summed E-state index contributed by atoms with van der Waals surface area (Å²) in [4.78, 5) is 12.8. The maximum absolute atomic E-state index is 11.7. The molecule has 2 rings (SSSR count). The summed E-state index contributed by atoms with van der Waals surface area (Å²) in [5, 5.41) is 0. The van der Waals surface area contributed by atoms with Gasteiger partial charge in [-0.25, -0.2) is 4.79 Å². The van der Waals surface area contributed by atoms with E-state index >= 15 is 0 Å². The molecule has 0 atom stereocenters. The summed E-state index contributed by atoms with van der Waals surface area (Å²) in [6, 6.07) is 13.5. The molecule has 0 saturated heterocycles. The molecule has 0 fully saturated rings. The van der Waals surface area contributed by atoms with E-state index in [2.05, 4.69) is 0 Å². The summed E-state index contributed by atoms with van der Waals surface area (Å²) in [7, 11) is 1.38. The normalized spacial score (nSPS) is 11.3. The molecular formula is C15H14O3S. The Morgan fingerprint density at radius 1 is 1.26 bits per heavy atom. The zero-order valence-corrected chi connectivity index (χ0v) is 11.4. The number of benzene rings is 1. The van der Waals surface area contributed by atoms with E-state index in [1.165, 1.54) is 7.11 Å². The molecule has 1 aromatic heterocycles. The quantitative estimate of drug-likeness (QED) is 0.474. The van der Waals surface area contributed by atoms with Crippen molar-refractivity contribution in [2.24, 2.45) is 0 Å². The smallest absolute Gasteiger partial charge is 0.334 e. The fourth-order valence-corrected chi connectivity index (χ4v) is 2.39. The summed E-state index contributed by atoms with van der Waals surface area (Å²) in [6.45, 7) is 0. The summed E-state index contributed by atoms with van der Waals surface area (Å²) in [5.41, 5.74) is 0.575. The second-order valence-electron chi connectivity index (χ2n) is 3.78. The van der Waals surface area contributed by atoms with Crippen LogP contribution in [0.25, 0.3) is 6.08 Å². The van der Waals surface area contributed by atoms with Crippen molar-refractivity contribution in [3.8, 4) is 0 Å². The standard InChI is InChI=1S/C15H14O3S/c1-17-15(16)12(10-13-6-5-9-18-13)11-19-14-7-3-2-4-8-14/h2-10H,11H2,1H3/b12-10+. The van der Waals surface area contributed by atoms with Crippen LogP contribution in [0, 0.1) is 0 Å². The van der Waals surface area contributed by atoms with E-state index in [4.69, 9.17) is 9.15 Å². The van der Waals surface area contributed by atoms with Crippen LogP contribution in [-0.2, 0) is 9.53 Å². The Labute approximate surface area is 116 Å². The maximum Gasteiger partial charge on any atom is 0.334 e.